The molecular weight excluding hydrogens is 390 g/mol. The van der Waals surface area contributed by atoms with Crippen molar-refractivity contribution in [1.82, 2.24) is 4.90 Å². The van der Waals surface area contributed by atoms with Crippen molar-refractivity contribution in [3.8, 4) is 11.5 Å². The lowest BCUT2D eigenvalue weighted by Crippen LogP contribution is -2.74. The van der Waals surface area contributed by atoms with Gasteiger partial charge in [0.25, 0.3) is 0 Å². The number of unbranched alkanes of at least 4 members (excludes halogenated alkanes) is 1. The second-order valence-electron chi connectivity index (χ2n) is 9.09. The van der Waals surface area contributed by atoms with Gasteiger partial charge in [-0.25, -0.2) is 0 Å². The van der Waals surface area contributed by atoms with Crippen molar-refractivity contribution in [2.45, 2.75) is 74.7 Å². The summed E-state index contributed by atoms with van der Waals surface area (Å²) < 4.78 is 12.1. The van der Waals surface area contributed by atoms with Crippen LogP contribution in [0.4, 0.5) is 0 Å². The maximum Gasteiger partial charge on any atom is 0.166 e. The van der Waals surface area contributed by atoms with Gasteiger partial charge in [0, 0.05) is 18.0 Å². The number of aliphatic hydroxyl groups is 2. The monoisotopic (exact) mass is 421 g/mol. The van der Waals surface area contributed by atoms with Crippen LogP contribution in [0.25, 0.3) is 0 Å². The minimum atomic E-state index is -0.938. The van der Waals surface area contributed by atoms with Crippen molar-refractivity contribution in [3.63, 3.8) is 0 Å². The summed E-state index contributed by atoms with van der Waals surface area (Å²) in [6, 6.07) is 4.16. The number of likely N-dealkylation sites (N-methyl/N-ethyl adjacent to an activating group) is 1. The predicted octanol–water partition coefficient (Wildman–Crippen LogP) is 2.99. The van der Waals surface area contributed by atoms with E-state index in [4.69, 9.17) is 9.47 Å². The zero-order chi connectivity index (χ0) is 19.7. The first-order valence-corrected chi connectivity index (χ1v) is 10.6. The summed E-state index contributed by atoms with van der Waals surface area (Å²) in [6.45, 7) is 3.07. The van der Waals surface area contributed by atoms with Crippen LogP contribution >= 0.6 is 12.4 Å². The molecule has 2 bridgehead atoms. The van der Waals surface area contributed by atoms with Gasteiger partial charge in [0.15, 0.2) is 11.5 Å². The molecule has 160 valence electrons. The van der Waals surface area contributed by atoms with Crippen LogP contribution in [0.1, 0.15) is 50.2 Å². The molecule has 1 aromatic rings. The Hall–Kier alpha value is -1.27. The van der Waals surface area contributed by atoms with Gasteiger partial charge >= 0.3 is 0 Å². The highest BCUT2D eigenvalue weighted by atomic mass is 35.5. The van der Waals surface area contributed by atoms with Crippen molar-refractivity contribution < 1.29 is 19.7 Å². The van der Waals surface area contributed by atoms with Crippen LogP contribution in [0, 0.1) is 0 Å². The van der Waals surface area contributed by atoms with E-state index in [1.807, 2.05) is 6.07 Å². The van der Waals surface area contributed by atoms with E-state index < -0.39 is 17.1 Å². The van der Waals surface area contributed by atoms with Crippen molar-refractivity contribution in [2.24, 2.45) is 0 Å². The number of hydrogen-bond donors (Lipinski definition) is 2. The van der Waals surface area contributed by atoms with E-state index in [0.717, 1.165) is 61.3 Å². The molecule has 1 aromatic carbocycles. The maximum absolute atomic E-state index is 12.3. The Labute approximate surface area is 179 Å². The minimum Gasteiger partial charge on any atom is -0.493 e. The Kier molecular flexibility index (Phi) is 5.18. The lowest BCUT2D eigenvalue weighted by atomic mass is 9.49. The Morgan fingerprint density at radius 1 is 1.38 bits per heavy atom. The van der Waals surface area contributed by atoms with E-state index in [1.54, 1.807) is 7.11 Å². The molecule has 1 spiro atoms. The second-order valence-corrected chi connectivity index (χ2v) is 9.09. The number of aliphatic hydroxyl groups excluding tert-OH is 1. The normalized spacial score (nSPS) is 35.1. The van der Waals surface area contributed by atoms with Crippen molar-refractivity contribution >= 4 is 12.4 Å². The molecule has 5 rings (SSSR count). The number of benzene rings is 1. The van der Waals surface area contributed by atoms with Crippen molar-refractivity contribution in [3.05, 3.63) is 34.9 Å². The van der Waals surface area contributed by atoms with E-state index in [0.29, 0.717) is 6.42 Å². The fourth-order valence-electron chi connectivity index (χ4n) is 6.39. The molecule has 2 N–H and O–H groups in total. The molecule has 2 aliphatic carbocycles. The van der Waals surface area contributed by atoms with Gasteiger partial charge in [-0.2, -0.15) is 0 Å². The highest BCUT2D eigenvalue weighted by Crippen LogP contribution is 2.65. The number of halogens is 1. The summed E-state index contributed by atoms with van der Waals surface area (Å²) in [7, 11) is 3.78. The van der Waals surface area contributed by atoms with Crippen molar-refractivity contribution in [2.75, 3.05) is 20.7 Å². The zero-order valence-corrected chi connectivity index (χ0v) is 18.3. The molecule has 5 unspecified atom stereocenters. The highest BCUT2D eigenvalue weighted by Gasteiger charge is 2.70. The Morgan fingerprint density at radius 3 is 2.90 bits per heavy atom. The van der Waals surface area contributed by atoms with Crippen LogP contribution in [0.5, 0.6) is 11.5 Å². The highest BCUT2D eigenvalue weighted by molar-refractivity contribution is 5.85. The van der Waals surface area contributed by atoms with Crippen LogP contribution in [0.3, 0.4) is 0 Å². The topological polar surface area (TPSA) is 62.2 Å². The summed E-state index contributed by atoms with van der Waals surface area (Å²) in [4.78, 5) is 2.30. The minimum absolute atomic E-state index is 0. The van der Waals surface area contributed by atoms with Crippen molar-refractivity contribution in [1.29, 1.82) is 0 Å². The number of rotatable bonds is 5. The van der Waals surface area contributed by atoms with Gasteiger partial charge in [-0.1, -0.05) is 25.8 Å². The largest absolute Gasteiger partial charge is 0.493 e. The van der Waals surface area contributed by atoms with Crippen LogP contribution in [-0.4, -0.2) is 59.7 Å². The third kappa shape index (κ3) is 2.57. The Balaban J connectivity index is 0.00000205. The molecule has 1 saturated heterocycles. The summed E-state index contributed by atoms with van der Waals surface area (Å²) in [5.41, 5.74) is 1.97. The summed E-state index contributed by atoms with van der Waals surface area (Å²) >= 11 is 0. The fraction of sp³-hybridized carbons (Fsp3) is 0.652. The molecule has 5 atom stereocenters. The van der Waals surface area contributed by atoms with E-state index in [2.05, 4.69) is 31.0 Å². The number of likely N-dealkylation sites (tertiary alicyclic amines) is 1. The summed E-state index contributed by atoms with van der Waals surface area (Å²) in [6.07, 6.45) is 6.29. The van der Waals surface area contributed by atoms with Crippen LogP contribution in [-0.2, 0) is 11.8 Å². The Bertz CT molecular complexity index is 842. The molecule has 0 amide bonds. The fourth-order valence-corrected chi connectivity index (χ4v) is 6.39. The molecule has 2 heterocycles. The molecule has 6 heteroatoms. The van der Waals surface area contributed by atoms with Gasteiger partial charge in [-0.05, 0) is 56.1 Å². The molecular formula is C23H32ClNO4. The molecule has 1 fully saturated rings. The van der Waals surface area contributed by atoms with Crippen LogP contribution in [0.15, 0.2) is 23.8 Å². The Morgan fingerprint density at radius 2 is 2.17 bits per heavy atom. The number of hydrogen-bond acceptors (Lipinski definition) is 5. The summed E-state index contributed by atoms with van der Waals surface area (Å²) in [5, 5.41) is 23.1. The van der Waals surface area contributed by atoms with E-state index >= 15 is 0 Å². The third-order valence-electron chi connectivity index (χ3n) is 7.83. The predicted molar refractivity (Wildman–Crippen MR) is 114 cm³/mol. The zero-order valence-electron chi connectivity index (χ0n) is 17.5. The lowest BCUT2D eigenvalue weighted by Gasteiger charge is -2.62. The number of nitrogens with zero attached hydrogens (tertiary/aromatic N) is 1. The molecule has 0 radical (unpaired) electrons. The molecule has 2 aliphatic heterocycles. The van der Waals surface area contributed by atoms with Gasteiger partial charge in [0.05, 0.1) is 24.2 Å². The van der Waals surface area contributed by atoms with E-state index in [1.165, 1.54) is 5.56 Å². The SMILES string of the molecule is CCCCC(O)C1=CC2Oc3c(OC)ccc4c3C23CCN(C)C(C4)C3(O)C1.Cl. The number of methoxy groups -OCH3 is 1. The molecule has 29 heavy (non-hydrogen) atoms. The number of ether oxygens (including phenoxy) is 2. The molecule has 0 aromatic heterocycles. The van der Waals surface area contributed by atoms with Gasteiger partial charge in [-0.3, -0.25) is 0 Å². The van der Waals surface area contributed by atoms with E-state index in [9.17, 15) is 10.2 Å². The first kappa shape index (κ1) is 21.0. The second kappa shape index (κ2) is 7.16. The van der Waals surface area contributed by atoms with Gasteiger partial charge in [0.1, 0.15) is 6.10 Å². The standard InChI is InChI=1S/C23H31NO4.ClH/c1-4-5-6-16(25)15-12-19-22-9-10-24(2)18(23(22,26)13-15)11-14-7-8-17(27-3)21(28-19)20(14)22;/h7-8,12,16,18-19,25-26H,4-6,9-11,13H2,1-3H3;1H. The molecule has 4 aliphatic rings. The summed E-state index contributed by atoms with van der Waals surface area (Å²) in [5.74, 6) is 1.54. The first-order valence-electron chi connectivity index (χ1n) is 10.6. The maximum atomic E-state index is 12.3. The smallest absolute Gasteiger partial charge is 0.166 e. The first-order chi connectivity index (χ1) is 13.5. The van der Waals surface area contributed by atoms with Gasteiger partial charge in [-0.15, -0.1) is 12.4 Å². The number of piperidine rings is 1. The average Bonchev–Trinajstić information content (AvgIpc) is 3.02. The quantitative estimate of drug-likeness (QED) is 0.715. The van der Waals surface area contributed by atoms with Gasteiger partial charge in [0.2, 0.25) is 0 Å². The van der Waals surface area contributed by atoms with Crippen LogP contribution in [0.2, 0.25) is 0 Å². The van der Waals surface area contributed by atoms with E-state index in [-0.39, 0.29) is 24.6 Å². The molecule has 0 saturated carbocycles. The third-order valence-corrected chi connectivity index (χ3v) is 7.83. The average molecular weight is 422 g/mol. The van der Waals surface area contributed by atoms with Crippen LogP contribution < -0.4 is 9.47 Å². The lowest BCUT2D eigenvalue weighted by molar-refractivity contribution is -0.159. The van der Waals surface area contributed by atoms with Gasteiger partial charge < -0.3 is 24.6 Å². The molecule has 5 nitrogen and oxygen atoms in total.